The van der Waals surface area contributed by atoms with E-state index < -0.39 is 0 Å². The lowest BCUT2D eigenvalue weighted by atomic mass is 10.0. The van der Waals surface area contributed by atoms with Crippen molar-refractivity contribution in [2.24, 2.45) is 0 Å². The van der Waals surface area contributed by atoms with E-state index in [0.717, 1.165) is 26.8 Å². The van der Waals surface area contributed by atoms with Crippen LogP contribution < -0.4 is 5.56 Å². The molecule has 30 heavy (non-hydrogen) atoms. The predicted molar refractivity (Wildman–Crippen MR) is 121 cm³/mol. The van der Waals surface area contributed by atoms with E-state index >= 15 is 0 Å². The molecular formula is C23H12FN3OS2. The number of halogens is 1. The molecule has 0 saturated heterocycles. The molecule has 0 amide bonds. The molecule has 0 unspecified atom stereocenters. The second-order valence-corrected chi connectivity index (χ2v) is 8.67. The molecule has 6 rings (SSSR count). The highest BCUT2D eigenvalue weighted by atomic mass is 32.1. The predicted octanol–water partition coefficient (Wildman–Crippen LogP) is 5.99. The third-order valence-corrected chi connectivity index (χ3v) is 6.89. The first kappa shape index (κ1) is 17.4. The van der Waals surface area contributed by atoms with Crippen LogP contribution in [-0.2, 0) is 0 Å². The molecule has 0 aliphatic carbocycles. The number of fused-ring (bicyclic) bond motifs is 4. The van der Waals surface area contributed by atoms with Crippen molar-refractivity contribution in [1.82, 2.24) is 14.6 Å². The molecule has 144 valence electrons. The van der Waals surface area contributed by atoms with Crippen molar-refractivity contribution in [3.63, 3.8) is 0 Å². The standard InChI is InChI=1S/C23H12FN3OS2/c24-14-9-7-13(8-10-14)20-15-4-1-2-5-16(15)21-25-22-19(23(28)27(21)26-20)17(12-30-22)18-6-3-11-29-18/h1-12H. The van der Waals surface area contributed by atoms with E-state index in [1.165, 1.54) is 28.0 Å². The fourth-order valence-corrected chi connectivity index (χ4v) is 5.47. The fraction of sp³-hybridized carbons (Fsp3) is 0. The summed E-state index contributed by atoms with van der Waals surface area (Å²) < 4.78 is 14.9. The lowest BCUT2D eigenvalue weighted by Crippen LogP contribution is -2.18. The van der Waals surface area contributed by atoms with E-state index in [0.29, 0.717) is 21.6 Å². The Morgan fingerprint density at radius 1 is 0.900 bits per heavy atom. The fourth-order valence-electron chi connectivity index (χ4n) is 3.72. The van der Waals surface area contributed by atoms with Gasteiger partial charge in [0.05, 0.1) is 11.1 Å². The van der Waals surface area contributed by atoms with Crippen LogP contribution in [0.25, 0.3) is 48.3 Å². The average molecular weight is 430 g/mol. The van der Waals surface area contributed by atoms with E-state index in [9.17, 15) is 9.18 Å². The third-order valence-electron chi connectivity index (χ3n) is 5.11. The average Bonchev–Trinajstić information content (AvgIpc) is 3.44. The van der Waals surface area contributed by atoms with Crippen molar-refractivity contribution < 1.29 is 4.39 Å². The molecule has 0 aliphatic rings. The molecule has 0 spiro atoms. The van der Waals surface area contributed by atoms with Crippen LogP contribution in [0.2, 0.25) is 0 Å². The Kier molecular flexibility index (Phi) is 3.81. The smallest absolute Gasteiger partial charge is 0.267 e. The maximum atomic E-state index is 13.6. The first-order valence-corrected chi connectivity index (χ1v) is 11.0. The Labute approximate surface area is 177 Å². The number of benzene rings is 2. The summed E-state index contributed by atoms with van der Waals surface area (Å²) in [6, 6.07) is 17.8. The summed E-state index contributed by atoms with van der Waals surface area (Å²) in [5, 5.41) is 10.9. The maximum Gasteiger partial charge on any atom is 0.283 e. The van der Waals surface area contributed by atoms with Gasteiger partial charge in [0.1, 0.15) is 10.6 Å². The van der Waals surface area contributed by atoms with Crippen molar-refractivity contribution in [2.45, 2.75) is 0 Å². The van der Waals surface area contributed by atoms with E-state index in [2.05, 4.69) is 5.10 Å². The summed E-state index contributed by atoms with van der Waals surface area (Å²) in [6.07, 6.45) is 0. The minimum Gasteiger partial charge on any atom is -0.267 e. The van der Waals surface area contributed by atoms with Gasteiger partial charge in [0.2, 0.25) is 0 Å². The van der Waals surface area contributed by atoms with Crippen LogP contribution in [0.15, 0.2) is 76.2 Å². The normalized spacial score (nSPS) is 11.6. The molecule has 7 heteroatoms. The Morgan fingerprint density at radius 3 is 2.47 bits per heavy atom. The number of hydrogen-bond donors (Lipinski definition) is 0. The van der Waals surface area contributed by atoms with Gasteiger partial charge in [-0.15, -0.1) is 22.7 Å². The molecule has 0 aliphatic heterocycles. The van der Waals surface area contributed by atoms with Crippen molar-refractivity contribution in [1.29, 1.82) is 0 Å². The van der Waals surface area contributed by atoms with Gasteiger partial charge in [0, 0.05) is 32.2 Å². The first-order chi connectivity index (χ1) is 14.7. The molecule has 6 aromatic rings. The Hall–Kier alpha value is -3.42. The molecule has 0 atom stereocenters. The number of aromatic nitrogens is 3. The largest absolute Gasteiger partial charge is 0.283 e. The van der Waals surface area contributed by atoms with Gasteiger partial charge in [-0.3, -0.25) is 4.79 Å². The molecule has 0 bridgehead atoms. The maximum absolute atomic E-state index is 13.6. The van der Waals surface area contributed by atoms with Gasteiger partial charge in [-0.1, -0.05) is 30.3 Å². The van der Waals surface area contributed by atoms with Crippen LogP contribution in [0.5, 0.6) is 0 Å². The zero-order valence-corrected chi connectivity index (χ0v) is 17.0. The van der Waals surface area contributed by atoms with Gasteiger partial charge in [-0.2, -0.15) is 9.61 Å². The first-order valence-electron chi connectivity index (χ1n) is 9.23. The molecule has 4 heterocycles. The highest BCUT2D eigenvalue weighted by molar-refractivity contribution is 7.18. The SMILES string of the molecule is O=c1c2c(-c3cccs3)csc2nc2c3ccccc3c(-c3ccc(F)cc3)nn12. The van der Waals surface area contributed by atoms with Crippen molar-refractivity contribution in [3.05, 3.63) is 87.6 Å². The van der Waals surface area contributed by atoms with Crippen LogP contribution in [0.1, 0.15) is 0 Å². The third kappa shape index (κ3) is 2.52. The zero-order valence-electron chi connectivity index (χ0n) is 15.4. The van der Waals surface area contributed by atoms with E-state index in [1.807, 2.05) is 47.2 Å². The molecule has 4 aromatic heterocycles. The monoisotopic (exact) mass is 429 g/mol. The number of nitrogens with zero attached hydrogens (tertiary/aromatic N) is 3. The number of thiophene rings is 2. The van der Waals surface area contributed by atoms with E-state index in [1.54, 1.807) is 23.5 Å². The van der Waals surface area contributed by atoms with Crippen LogP contribution in [-0.4, -0.2) is 14.6 Å². The Bertz CT molecular complexity index is 1620. The lowest BCUT2D eigenvalue weighted by Gasteiger charge is -2.10. The molecular weight excluding hydrogens is 417 g/mol. The molecule has 2 aromatic carbocycles. The van der Waals surface area contributed by atoms with E-state index in [-0.39, 0.29) is 11.4 Å². The lowest BCUT2D eigenvalue weighted by molar-refractivity contribution is 0.628. The Balaban J connectivity index is 1.77. The molecule has 0 N–H and O–H groups in total. The second-order valence-electron chi connectivity index (χ2n) is 6.86. The molecule has 4 nitrogen and oxygen atoms in total. The summed E-state index contributed by atoms with van der Waals surface area (Å²) in [5.74, 6) is -0.316. The Morgan fingerprint density at radius 2 is 1.70 bits per heavy atom. The van der Waals surface area contributed by atoms with Crippen LogP contribution >= 0.6 is 22.7 Å². The van der Waals surface area contributed by atoms with Gasteiger partial charge in [-0.05, 0) is 35.7 Å². The quantitative estimate of drug-likeness (QED) is 0.318. The molecule has 0 radical (unpaired) electrons. The summed E-state index contributed by atoms with van der Waals surface area (Å²) in [6.45, 7) is 0. The number of hydrogen-bond acceptors (Lipinski definition) is 5. The summed E-state index contributed by atoms with van der Waals surface area (Å²) in [5.41, 5.74) is 2.57. The summed E-state index contributed by atoms with van der Waals surface area (Å²) in [4.78, 5) is 20.1. The van der Waals surface area contributed by atoms with Crippen LogP contribution in [0.4, 0.5) is 4.39 Å². The van der Waals surface area contributed by atoms with Gasteiger partial charge in [0.15, 0.2) is 5.65 Å². The van der Waals surface area contributed by atoms with Crippen molar-refractivity contribution in [2.75, 3.05) is 0 Å². The second kappa shape index (κ2) is 6.55. The summed E-state index contributed by atoms with van der Waals surface area (Å²) in [7, 11) is 0. The van der Waals surface area contributed by atoms with Gasteiger partial charge >= 0.3 is 0 Å². The molecule has 0 saturated carbocycles. The number of rotatable bonds is 2. The van der Waals surface area contributed by atoms with Gasteiger partial charge < -0.3 is 0 Å². The minimum absolute atomic E-state index is 0.200. The van der Waals surface area contributed by atoms with Crippen molar-refractivity contribution >= 4 is 49.3 Å². The summed E-state index contributed by atoms with van der Waals surface area (Å²) >= 11 is 3.05. The van der Waals surface area contributed by atoms with Gasteiger partial charge in [-0.25, -0.2) is 9.37 Å². The molecule has 0 fully saturated rings. The topological polar surface area (TPSA) is 47.3 Å². The van der Waals surface area contributed by atoms with E-state index in [4.69, 9.17) is 4.98 Å². The highest BCUT2D eigenvalue weighted by Gasteiger charge is 2.18. The van der Waals surface area contributed by atoms with Crippen molar-refractivity contribution in [3.8, 4) is 21.7 Å². The van der Waals surface area contributed by atoms with Crippen LogP contribution in [0.3, 0.4) is 0 Å². The zero-order chi connectivity index (χ0) is 20.2. The van der Waals surface area contributed by atoms with Crippen LogP contribution in [0, 0.1) is 5.82 Å². The van der Waals surface area contributed by atoms with Gasteiger partial charge in [0.25, 0.3) is 5.56 Å². The minimum atomic E-state index is -0.316. The highest BCUT2D eigenvalue weighted by Crippen LogP contribution is 2.35.